The first-order valence-corrected chi connectivity index (χ1v) is 8.36. The molecule has 0 spiro atoms. The summed E-state index contributed by atoms with van der Waals surface area (Å²) in [6.07, 6.45) is -2.08. The van der Waals surface area contributed by atoms with Gasteiger partial charge in [-0.15, -0.1) is 0 Å². The zero-order valence-corrected chi connectivity index (χ0v) is 14.9. The van der Waals surface area contributed by atoms with Crippen molar-refractivity contribution in [2.24, 2.45) is 0 Å². The number of hydrogen-bond acceptors (Lipinski definition) is 4. The Morgan fingerprint density at radius 2 is 2.04 bits per heavy atom. The molecule has 0 saturated carbocycles. The molecule has 6 nitrogen and oxygen atoms in total. The molecule has 1 unspecified atom stereocenters. The van der Waals surface area contributed by atoms with Crippen LogP contribution in [-0.4, -0.2) is 47.0 Å². The van der Waals surface area contributed by atoms with Crippen molar-refractivity contribution in [3.05, 3.63) is 33.8 Å². The van der Waals surface area contributed by atoms with Crippen LogP contribution in [0.25, 0.3) is 0 Å². The lowest BCUT2D eigenvalue weighted by Crippen LogP contribution is -2.40. The zero-order chi connectivity index (χ0) is 18.7. The minimum atomic E-state index is -1.39. The van der Waals surface area contributed by atoms with E-state index in [1.807, 2.05) is 0 Å². The molecule has 1 aliphatic heterocycles. The summed E-state index contributed by atoms with van der Waals surface area (Å²) >= 11 is 2.97. The molecule has 2 rings (SSSR count). The van der Waals surface area contributed by atoms with E-state index in [0.29, 0.717) is 0 Å². The van der Waals surface area contributed by atoms with Gasteiger partial charge in [-0.2, -0.15) is 0 Å². The van der Waals surface area contributed by atoms with Gasteiger partial charge in [-0.05, 0) is 41.4 Å². The van der Waals surface area contributed by atoms with Crippen molar-refractivity contribution in [1.82, 2.24) is 4.90 Å². The molecule has 1 saturated heterocycles. The molecular formula is C16H16BrF2NO5. The second-order valence-electron chi connectivity index (χ2n) is 5.59. The molecule has 1 fully saturated rings. The average molecular weight is 420 g/mol. The lowest BCUT2D eigenvalue weighted by Gasteiger charge is -2.19. The number of ether oxygens (including phenoxy) is 1. The quantitative estimate of drug-likeness (QED) is 0.450. The molecule has 25 heavy (non-hydrogen) atoms. The van der Waals surface area contributed by atoms with E-state index in [4.69, 9.17) is 0 Å². The number of carboxylic acid groups (broad SMARTS) is 1. The number of carbonyl (C=O) groups excluding carboxylic acids is 2. The van der Waals surface area contributed by atoms with Crippen LogP contribution < -0.4 is 0 Å². The Morgan fingerprint density at radius 1 is 1.36 bits per heavy atom. The highest BCUT2D eigenvalue weighted by molar-refractivity contribution is 9.10. The lowest BCUT2D eigenvalue weighted by molar-refractivity contribution is -0.146. The summed E-state index contributed by atoms with van der Waals surface area (Å²) in [5, 5.41) is 9.29. The maximum atomic E-state index is 14.3. The first-order chi connectivity index (χ1) is 11.8. The first-order valence-electron chi connectivity index (χ1n) is 7.57. The molecular weight excluding hydrogens is 404 g/mol. The van der Waals surface area contributed by atoms with Crippen LogP contribution in [0.1, 0.15) is 31.2 Å². The van der Waals surface area contributed by atoms with Gasteiger partial charge < -0.3 is 9.84 Å². The Kier molecular flexibility index (Phi) is 6.10. The van der Waals surface area contributed by atoms with Crippen LogP contribution in [-0.2, 0) is 14.3 Å². The van der Waals surface area contributed by atoms with Crippen LogP contribution in [0.5, 0.6) is 0 Å². The molecule has 1 aromatic rings. The van der Waals surface area contributed by atoms with Crippen molar-refractivity contribution in [2.75, 3.05) is 13.2 Å². The highest BCUT2D eigenvalue weighted by Gasteiger charge is 2.42. The van der Waals surface area contributed by atoms with Crippen molar-refractivity contribution in [3.63, 3.8) is 0 Å². The van der Waals surface area contributed by atoms with Crippen LogP contribution in [0.15, 0.2) is 16.6 Å². The van der Waals surface area contributed by atoms with Gasteiger partial charge in [0.15, 0.2) is 5.78 Å². The highest BCUT2D eigenvalue weighted by atomic mass is 79.9. The van der Waals surface area contributed by atoms with Crippen molar-refractivity contribution >= 4 is 33.8 Å². The zero-order valence-electron chi connectivity index (χ0n) is 13.3. The maximum absolute atomic E-state index is 14.3. The summed E-state index contributed by atoms with van der Waals surface area (Å²) in [7, 11) is 0. The molecule has 1 aromatic carbocycles. The van der Waals surface area contributed by atoms with Gasteiger partial charge >= 0.3 is 12.1 Å². The second kappa shape index (κ2) is 7.90. The Labute approximate surface area is 150 Å². The van der Waals surface area contributed by atoms with E-state index in [-0.39, 0.29) is 29.6 Å². The average Bonchev–Trinajstić information content (AvgIpc) is 2.97. The number of halogens is 3. The number of nitrogens with zero attached hydrogens (tertiary/aromatic N) is 1. The van der Waals surface area contributed by atoms with Crippen LogP contribution in [0.2, 0.25) is 0 Å². The second-order valence-corrected chi connectivity index (χ2v) is 6.44. The van der Waals surface area contributed by atoms with E-state index in [1.165, 1.54) is 6.07 Å². The Hall–Kier alpha value is -2.03. The Balaban J connectivity index is 2.26. The molecule has 2 atom stereocenters. The molecule has 136 valence electrons. The predicted molar refractivity (Wildman–Crippen MR) is 86.2 cm³/mol. The molecule has 1 aliphatic rings. The SMILES string of the molecule is CCOC(=O)CC(=O)C1C[C@@H](c2c(F)ccc(Br)c2F)CN1C(=O)O. The predicted octanol–water partition coefficient (Wildman–Crippen LogP) is 3.09. The third-order valence-electron chi connectivity index (χ3n) is 4.03. The molecule has 0 bridgehead atoms. The van der Waals surface area contributed by atoms with Gasteiger partial charge in [0.1, 0.15) is 18.1 Å². The standard InChI is InChI=1S/C16H16BrF2NO5/c1-2-25-13(22)6-12(21)11-5-8(7-20(11)16(23)24)14-10(18)4-3-9(17)15(14)19/h3-4,8,11H,2,5-7H2,1H3,(H,23,24)/t8-,11?/m1/s1. The molecule has 0 radical (unpaired) electrons. The van der Waals surface area contributed by atoms with E-state index < -0.39 is 47.9 Å². The van der Waals surface area contributed by atoms with Gasteiger partial charge in [-0.25, -0.2) is 13.6 Å². The summed E-state index contributed by atoms with van der Waals surface area (Å²) in [6.45, 7) is 1.44. The van der Waals surface area contributed by atoms with Gasteiger partial charge in [-0.1, -0.05) is 0 Å². The summed E-state index contributed by atoms with van der Waals surface area (Å²) < 4.78 is 33.1. The number of hydrogen-bond donors (Lipinski definition) is 1. The number of carbonyl (C=O) groups is 3. The van der Waals surface area contributed by atoms with E-state index >= 15 is 0 Å². The van der Waals surface area contributed by atoms with E-state index in [2.05, 4.69) is 20.7 Å². The summed E-state index contributed by atoms with van der Waals surface area (Å²) in [5.74, 6) is -3.88. The molecule has 1 amide bonds. The van der Waals surface area contributed by atoms with Crippen molar-refractivity contribution < 1.29 is 33.0 Å². The molecule has 0 aliphatic carbocycles. The third-order valence-corrected chi connectivity index (χ3v) is 4.64. The van der Waals surface area contributed by atoms with Crippen molar-refractivity contribution in [2.45, 2.75) is 31.7 Å². The number of rotatable bonds is 5. The number of likely N-dealkylation sites (tertiary alicyclic amines) is 1. The summed E-state index contributed by atoms with van der Waals surface area (Å²) in [5.41, 5.74) is -0.271. The minimum absolute atomic E-state index is 0.0482. The summed E-state index contributed by atoms with van der Waals surface area (Å²) in [6, 6.07) is 1.13. The normalized spacial score (nSPS) is 19.8. The van der Waals surface area contributed by atoms with Gasteiger partial charge in [-0.3, -0.25) is 14.5 Å². The van der Waals surface area contributed by atoms with Gasteiger partial charge in [0.25, 0.3) is 0 Å². The Bertz CT molecular complexity index is 712. The molecule has 0 aromatic heterocycles. The van der Waals surface area contributed by atoms with Gasteiger partial charge in [0.2, 0.25) is 0 Å². The van der Waals surface area contributed by atoms with E-state index in [1.54, 1.807) is 6.92 Å². The maximum Gasteiger partial charge on any atom is 0.407 e. The fourth-order valence-electron chi connectivity index (χ4n) is 2.95. The van der Waals surface area contributed by atoms with Crippen LogP contribution >= 0.6 is 15.9 Å². The smallest absolute Gasteiger partial charge is 0.407 e. The number of amides is 1. The van der Waals surface area contributed by atoms with Gasteiger partial charge in [0, 0.05) is 18.0 Å². The van der Waals surface area contributed by atoms with E-state index in [0.717, 1.165) is 11.0 Å². The number of ketones is 1. The third kappa shape index (κ3) is 4.15. The Morgan fingerprint density at radius 3 is 2.64 bits per heavy atom. The number of esters is 1. The van der Waals surface area contributed by atoms with Crippen molar-refractivity contribution in [3.8, 4) is 0 Å². The highest BCUT2D eigenvalue weighted by Crippen LogP contribution is 2.37. The minimum Gasteiger partial charge on any atom is -0.466 e. The van der Waals surface area contributed by atoms with Crippen LogP contribution in [0.3, 0.4) is 0 Å². The van der Waals surface area contributed by atoms with Crippen LogP contribution in [0, 0.1) is 11.6 Å². The first kappa shape index (κ1) is 19.3. The van der Waals surface area contributed by atoms with Crippen LogP contribution in [0.4, 0.5) is 13.6 Å². The lowest BCUT2D eigenvalue weighted by atomic mass is 9.93. The molecule has 9 heteroatoms. The molecule has 1 N–H and O–H groups in total. The number of Topliss-reactive ketones (excluding diaryl/α,β-unsaturated/α-hetero) is 1. The fourth-order valence-corrected chi connectivity index (χ4v) is 3.30. The van der Waals surface area contributed by atoms with Crippen molar-refractivity contribution in [1.29, 1.82) is 0 Å². The number of benzene rings is 1. The fraction of sp³-hybridized carbons (Fsp3) is 0.438. The van der Waals surface area contributed by atoms with E-state index in [9.17, 15) is 28.3 Å². The molecule has 1 heterocycles. The summed E-state index contributed by atoms with van der Waals surface area (Å²) in [4.78, 5) is 35.9. The largest absolute Gasteiger partial charge is 0.466 e. The topological polar surface area (TPSA) is 83.9 Å². The van der Waals surface area contributed by atoms with Gasteiger partial charge in [0.05, 0.1) is 17.1 Å². The monoisotopic (exact) mass is 419 g/mol.